The molecule has 0 N–H and O–H groups in total. The average molecular weight is 679 g/mol. The summed E-state index contributed by atoms with van der Waals surface area (Å²) < 4.78 is 31.1. The molecular formula is C41H46N2O7. The molecule has 4 aromatic carbocycles. The number of anilines is 1. The molecule has 0 bridgehead atoms. The van der Waals surface area contributed by atoms with Crippen molar-refractivity contribution in [3.8, 4) is 23.0 Å². The minimum atomic E-state index is -0.727. The molecule has 0 aliphatic carbocycles. The van der Waals surface area contributed by atoms with Crippen LogP contribution in [0.15, 0.2) is 91.1 Å². The van der Waals surface area contributed by atoms with Crippen LogP contribution < -0.4 is 23.8 Å². The van der Waals surface area contributed by atoms with Crippen molar-refractivity contribution in [3.05, 3.63) is 113 Å². The Kier molecular flexibility index (Phi) is 11.0. The van der Waals surface area contributed by atoms with Gasteiger partial charge >= 0.3 is 5.97 Å². The third-order valence-electron chi connectivity index (χ3n) is 8.20. The molecule has 5 aromatic rings. The van der Waals surface area contributed by atoms with E-state index in [4.69, 9.17) is 23.7 Å². The van der Waals surface area contributed by atoms with Crippen molar-refractivity contribution >= 4 is 28.5 Å². The summed E-state index contributed by atoms with van der Waals surface area (Å²) in [4.78, 5) is 29.5. The fourth-order valence-corrected chi connectivity index (χ4v) is 5.57. The van der Waals surface area contributed by atoms with Gasteiger partial charge in [-0.25, -0.2) is 0 Å². The number of benzene rings is 4. The monoisotopic (exact) mass is 678 g/mol. The molecule has 1 aromatic heterocycles. The predicted octanol–water partition coefficient (Wildman–Crippen LogP) is 8.47. The van der Waals surface area contributed by atoms with Crippen LogP contribution in [0.4, 0.5) is 5.69 Å². The molecule has 0 radical (unpaired) electrons. The Balaban J connectivity index is 1.57. The van der Waals surface area contributed by atoms with Gasteiger partial charge in [-0.15, -0.1) is 0 Å². The van der Waals surface area contributed by atoms with E-state index in [0.29, 0.717) is 29.4 Å². The molecule has 0 unspecified atom stereocenters. The minimum Gasteiger partial charge on any atom is -0.497 e. The van der Waals surface area contributed by atoms with Gasteiger partial charge in [-0.2, -0.15) is 0 Å². The fraction of sp³-hybridized carbons (Fsp3) is 0.317. The number of carbonyl (C=O) groups is 2. The molecule has 1 heterocycles. The van der Waals surface area contributed by atoms with E-state index in [-0.39, 0.29) is 19.1 Å². The molecule has 0 aliphatic rings. The molecule has 1 amide bonds. The van der Waals surface area contributed by atoms with Crippen molar-refractivity contribution in [2.45, 2.75) is 59.4 Å². The second-order valence-corrected chi connectivity index (χ2v) is 13.5. The third-order valence-corrected chi connectivity index (χ3v) is 8.20. The van der Waals surface area contributed by atoms with E-state index in [1.807, 2.05) is 111 Å². The van der Waals surface area contributed by atoms with Gasteiger partial charge in [-0.1, -0.05) is 38.1 Å². The Morgan fingerprint density at radius 1 is 0.760 bits per heavy atom. The molecule has 0 aliphatic heterocycles. The van der Waals surface area contributed by atoms with E-state index in [0.717, 1.165) is 39.1 Å². The SMILES string of the molecule is COc1ccc(COc2cc(OCc3ccc(OC)cc3)c(C(C)C)cc2C(=O)N(CC(=O)OC(C)(C)C)c2ccc3c(ccn3C)c2)cc1. The second kappa shape index (κ2) is 15.4. The summed E-state index contributed by atoms with van der Waals surface area (Å²) >= 11 is 0. The van der Waals surface area contributed by atoms with Crippen LogP contribution in [-0.2, 0) is 29.8 Å². The molecular weight excluding hydrogens is 632 g/mol. The molecule has 5 rings (SSSR count). The van der Waals surface area contributed by atoms with Gasteiger partial charge in [-0.3, -0.25) is 14.5 Å². The molecule has 0 atom stereocenters. The molecule has 0 fully saturated rings. The molecule has 262 valence electrons. The smallest absolute Gasteiger partial charge is 0.326 e. The highest BCUT2D eigenvalue weighted by Gasteiger charge is 2.29. The van der Waals surface area contributed by atoms with Crippen LogP contribution in [-0.4, -0.2) is 42.8 Å². The molecule has 9 nitrogen and oxygen atoms in total. The van der Waals surface area contributed by atoms with Crippen molar-refractivity contribution in [1.29, 1.82) is 0 Å². The Morgan fingerprint density at radius 2 is 1.34 bits per heavy atom. The Labute approximate surface area is 294 Å². The molecule has 0 spiro atoms. The summed E-state index contributed by atoms with van der Waals surface area (Å²) in [6.45, 7) is 9.70. The zero-order valence-electron chi connectivity index (χ0n) is 30.1. The number of fused-ring (bicyclic) bond motifs is 1. The van der Waals surface area contributed by atoms with Gasteiger partial charge < -0.3 is 28.3 Å². The number of carbonyl (C=O) groups excluding carboxylic acids is 2. The van der Waals surface area contributed by atoms with E-state index >= 15 is 0 Å². The number of amides is 1. The first-order valence-corrected chi connectivity index (χ1v) is 16.6. The van der Waals surface area contributed by atoms with Crippen molar-refractivity contribution in [2.75, 3.05) is 25.7 Å². The lowest BCUT2D eigenvalue weighted by atomic mass is 9.97. The van der Waals surface area contributed by atoms with Crippen LogP contribution in [0.1, 0.15) is 67.6 Å². The Hall–Kier alpha value is -5.44. The van der Waals surface area contributed by atoms with Gasteiger partial charge in [0.25, 0.3) is 5.91 Å². The Morgan fingerprint density at radius 3 is 1.88 bits per heavy atom. The number of esters is 1. The molecule has 0 saturated carbocycles. The van der Waals surface area contributed by atoms with Crippen LogP contribution in [0.3, 0.4) is 0 Å². The lowest BCUT2D eigenvalue weighted by molar-refractivity contribution is -0.152. The van der Waals surface area contributed by atoms with Crippen LogP contribution in [0.25, 0.3) is 10.9 Å². The van der Waals surface area contributed by atoms with Gasteiger partial charge in [-0.05, 0) is 98.0 Å². The van der Waals surface area contributed by atoms with Crippen LogP contribution in [0, 0.1) is 0 Å². The lowest BCUT2D eigenvalue weighted by Crippen LogP contribution is -2.39. The fourth-order valence-electron chi connectivity index (χ4n) is 5.57. The molecule has 0 saturated heterocycles. The highest BCUT2D eigenvalue weighted by atomic mass is 16.6. The van der Waals surface area contributed by atoms with E-state index in [1.54, 1.807) is 41.1 Å². The standard InChI is InChI=1S/C41H46N2O7/c1-27(2)34-22-35(40(45)43(24-39(44)50-41(3,4)5)31-13-18-36-30(21-31)19-20-42(36)6)38(49-26-29-11-16-33(47-8)17-12-29)23-37(34)48-25-28-9-14-32(46-7)15-10-28/h9-23,27H,24-26H2,1-8H3. The third kappa shape index (κ3) is 8.77. The largest absolute Gasteiger partial charge is 0.497 e. The number of aryl methyl sites for hydroxylation is 1. The number of aromatic nitrogens is 1. The van der Waals surface area contributed by atoms with Gasteiger partial charge in [0.2, 0.25) is 0 Å². The zero-order valence-corrected chi connectivity index (χ0v) is 30.1. The van der Waals surface area contributed by atoms with Gasteiger partial charge in [0, 0.05) is 35.9 Å². The van der Waals surface area contributed by atoms with Crippen molar-refractivity contribution in [1.82, 2.24) is 4.57 Å². The van der Waals surface area contributed by atoms with Gasteiger partial charge in [0.05, 0.1) is 19.8 Å². The summed E-state index contributed by atoms with van der Waals surface area (Å²) in [7, 11) is 5.21. The normalized spacial score (nSPS) is 11.4. The summed E-state index contributed by atoms with van der Waals surface area (Å²) in [5, 5.41) is 0.938. The van der Waals surface area contributed by atoms with Crippen molar-refractivity contribution in [3.63, 3.8) is 0 Å². The summed E-state index contributed by atoms with van der Waals surface area (Å²) in [5.74, 6) is 1.49. The zero-order chi connectivity index (χ0) is 36.0. The second-order valence-electron chi connectivity index (χ2n) is 13.5. The summed E-state index contributed by atoms with van der Waals surface area (Å²) in [5.41, 5.74) is 3.81. The maximum atomic E-state index is 14.8. The van der Waals surface area contributed by atoms with E-state index in [9.17, 15) is 9.59 Å². The van der Waals surface area contributed by atoms with Crippen molar-refractivity contribution in [2.24, 2.45) is 7.05 Å². The van der Waals surface area contributed by atoms with Crippen LogP contribution >= 0.6 is 0 Å². The first-order valence-electron chi connectivity index (χ1n) is 16.6. The van der Waals surface area contributed by atoms with Crippen LogP contribution in [0.2, 0.25) is 0 Å². The maximum Gasteiger partial charge on any atom is 0.326 e. The average Bonchev–Trinajstić information content (AvgIpc) is 3.47. The van der Waals surface area contributed by atoms with Crippen LogP contribution in [0.5, 0.6) is 23.0 Å². The highest BCUT2D eigenvalue weighted by Crippen LogP contribution is 2.37. The summed E-state index contributed by atoms with van der Waals surface area (Å²) in [6.07, 6.45) is 1.96. The summed E-state index contributed by atoms with van der Waals surface area (Å²) in [6, 6.07) is 26.5. The topological polar surface area (TPSA) is 88.5 Å². The maximum absolute atomic E-state index is 14.8. The molecule has 9 heteroatoms. The van der Waals surface area contributed by atoms with Crippen molar-refractivity contribution < 1.29 is 33.3 Å². The Bertz CT molecular complexity index is 1940. The first kappa shape index (κ1) is 35.9. The van der Waals surface area contributed by atoms with E-state index in [1.165, 1.54) is 4.90 Å². The number of nitrogens with zero attached hydrogens (tertiary/aromatic N) is 2. The van der Waals surface area contributed by atoms with E-state index in [2.05, 4.69) is 0 Å². The number of methoxy groups -OCH3 is 2. The highest BCUT2D eigenvalue weighted by molar-refractivity contribution is 6.11. The molecule has 50 heavy (non-hydrogen) atoms. The first-order chi connectivity index (χ1) is 23.8. The van der Waals surface area contributed by atoms with E-state index < -0.39 is 17.5 Å². The van der Waals surface area contributed by atoms with Gasteiger partial charge in [0.1, 0.15) is 48.4 Å². The minimum absolute atomic E-state index is 0.00281. The number of hydrogen-bond donors (Lipinski definition) is 0. The quantitative estimate of drug-likeness (QED) is 0.116. The predicted molar refractivity (Wildman–Crippen MR) is 196 cm³/mol. The number of rotatable bonds is 13. The number of ether oxygens (including phenoxy) is 5. The van der Waals surface area contributed by atoms with Gasteiger partial charge in [0.15, 0.2) is 0 Å². The lowest BCUT2D eigenvalue weighted by Gasteiger charge is -2.27. The number of hydrogen-bond acceptors (Lipinski definition) is 7.